The fourth-order valence-electron chi connectivity index (χ4n) is 2.30. The van der Waals surface area contributed by atoms with Crippen molar-refractivity contribution in [1.82, 2.24) is 9.80 Å². The molecule has 2 aliphatic heterocycles. The molecule has 2 heterocycles. The topological polar surface area (TPSA) is 70.1 Å². The Balaban J connectivity index is 1.90. The summed E-state index contributed by atoms with van der Waals surface area (Å²) in [6.07, 6.45) is 2.11. The Bertz CT molecular complexity index is 302. The van der Waals surface area contributed by atoms with Crippen LogP contribution in [0.25, 0.3) is 0 Å². The van der Waals surface area contributed by atoms with Gasteiger partial charge in [0.2, 0.25) is 5.91 Å². The average Bonchev–Trinajstić information content (AvgIpc) is 2.83. The van der Waals surface area contributed by atoms with Crippen molar-refractivity contribution in [2.24, 2.45) is 0 Å². The van der Waals surface area contributed by atoms with Gasteiger partial charge in [0.25, 0.3) is 0 Å². The van der Waals surface area contributed by atoms with E-state index >= 15 is 0 Å². The first-order chi connectivity index (χ1) is 8.18. The molecule has 0 radical (unpaired) electrons. The van der Waals surface area contributed by atoms with Crippen LogP contribution in [0, 0.1) is 0 Å². The van der Waals surface area contributed by atoms with Crippen molar-refractivity contribution >= 4 is 11.9 Å². The summed E-state index contributed by atoms with van der Waals surface area (Å²) in [6, 6.07) is -0.685. The first-order valence-corrected chi connectivity index (χ1v) is 6.01. The third-order valence-electron chi connectivity index (χ3n) is 3.32. The van der Waals surface area contributed by atoms with E-state index in [0.717, 1.165) is 25.9 Å². The van der Waals surface area contributed by atoms with Gasteiger partial charge >= 0.3 is 5.97 Å². The number of aliphatic carboxylic acids is 1. The average molecular weight is 242 g/mol. The third-order valence-corrected chi connectivity index (χ3v) is 3.32. The van der Waals surface area contributed by atoms with Gasteiger partial charge in [0.05, 0.1) is 19.8 Å². The maximum absolute atomic E-state index is 11.9. The second kappa shape index (κ2) is 5.46. The molecule has 0 spiro atoms. The second-order valence-electron chi connectivity index (χ2n) is 4.49. The Morgan fingerprint density at radius 1 is 1.24 bits per heavy atom. The number of carbonyl (C=O) groups excluding carboxylic acids is 1. The zero-order chi connectivity index (χ0) is 12.3. The van der Waals surface area contributed by atoms with E-state index < -0.39 is 12.0 Å². The molecule has 0 aromatic carbocycles. The minimum atomic E-state index is -0.918. The Hall–Kier alpha value is -1.14. The summed E-state index contributed by atoms with van der Waals surface area (Å²) in [4.78, 5) is 26.5. The number of hydrogen-bond donors (Lipinski definition) is 1. The van der Waals surface area contributed by atoms with Gasteiger partial charge in [-0.2, -0.15) is 0 Å². The summed E-state index contributed by atoms with van der Waals surface area (Å²) in [5.41, 5.74) is 0. The fraction of sp³-hybridized carbons (Fsp3) is 0.818. The lowest BCUT2D eigenvalue weighted by Crippen LogP contribution is -2.53. The maximum Gasteiger partial charge on any atom is 0.323 e. The number of ether oxygens (including phenoxy) is 1. The van der Waals surface area contributed by atoms with Gasteiger partial charge in [-0.1, -0.05) is 0 Å². The van der Waals surface area contributed by atoms with Crippen molar-refractivity contribution in [1.29, 1.82) is 0 Å². The van der Waals surface area contributed by atoms with E-state index in [-0.39, 0.29) is 19.1 Å². The maximum atomic E-state index is 11.9. The summed E-state index contributed by atoms with van der Waals surface area (Å²) in [5.74, 6) is -0.880. The summed E-state index contributed by atoms with van der Waals surface area (Å²) in [6.45, 7) is 2.98. The number of rotatable bonds is 3. The van der Waals surface area contributed by atoms with Gasteiger partial charge in [-0.25, -0.2) is 0 Å². The summed E-state index contributed by atoms with van der Waals surface area (Å²) in [5, 5.41) is 9.04. The Morgan fingerprint density at radius 3 is 2.59 bits per heavy atom. The standard InChI is InChI=1S/C11H18N2O4/c14-10(12-3-1-2-4-12)7-13-5-6-17-8-9(13)11(15)16/h9H,1-8H2,(H,15,16). The molecule has 6 nitrogen and oxygen atoms in total. The number of morpholine rings is 1. The lowest BCUT2D eigenvalue weighted by Gasteiger charge is -2.33. The first kappa shape index (κ1) is 12.3. The van der Waals surface area contributed by atoms with Gasteiger partial charge in [-0.3, -0.25) is 14.5 Å². The van der Waals surface area contributed by atoms with E-state index in [0.29, 0.717) is 13.2 Å². The monoisotopic (exact) mass is 242 g/mol. The summed E-state index contributed by atoms with van der Waals surface area (Å²) >= 11 is 0. The minimum absolute atomic E-state index is 0.0376. The number of carbonyl (C=O) groups is 2. The predicted octanol–water partition coefficient (Wildman–Crippen LogP) is -0.606. The molecule has 1 amide bonds. The molecule has 0 aromatic rings. The lowest BCUT2D eigenvalue weighted by molar-refractivity contribution is -0.151. The van der Waals surface area contributed by atoms with Crippen LogP contribution in [-0.4, -0.2) is 72.2 Å². The van der Waals surface area contributed by atoms with Crippen LogP contribution in [0.5, 0.6) is 0 Å². The van der Waals surface area contributed by atoms with Crippen molar-refractivity contribution in [3.8, 4) is 0 Å². The molecule has 2 aliphatic rings. The number of nitrogens with zero attached hydrogens (tertiary/aromatic N) is 2. The van der Waals surface area contributed by atoms with Crippen LogP contribution in [0.2, 0.25) is 0 Å². The van der Waals surface area contributed by atoms with E-state index in [2.05, 4.69) is 0 Å². The molecular weight excluding hydrogens is 224 g/mol. The van der Waals surface area contributed by atoms with Crippen LogP contribution in [0.3, 0.4) is 0 Å². The normalized spacial score (nSPS) is 26.1. The molecule has 2 rings (SSSR count). The molecule has 6 heteroatoms. The van der Waals surface area contributed by atoms with Gasteiger partial charge in [0.15, 0.2) is 0 Å². The van der Waals surface area contributed by atoms with Crippen LogP contribution < -0.4 is 0 Å². The van der Waals surface area contributed by atoms with E-state index in [1.807, 2.05) is 4.90 Å². The van der Waals surface area contributed by atoms with Crippen molar-refractivity contribution in [3.63, 3.8) is 0 Å². The Kier molecular flexibility index (Phi) is 3.96. The van der Waals surface area contributed by atoms with Crippen LogP contribution in [0.15, 0.2) is 0 Å². The van der Waals surface area contributed by atoms with Gasteiger partial charge in [-0.15, -0.1) is 0 Å². The van der Waals surface area contributed by atoms with Crippen LogP contribution >= 0.6 is 0 Å². The van der Waals surface area contributed by atoms with Gasteiger partial charge in [-0.05, 0) is 12.8 Å². The number of likely N-dealkylation sites (tertiary alicyclic amines) is 1. The van der Waals surface area contributed by atoms with Gasteiger partial charge in [0, 0.05) is 19.6 Å². The molecule has 17 heavy (non-hydrogen) atoms. The summed E-state index contributed by atoms with van der Waals surface area (Å²) < 4.78 is 5.13. The highest BCUT2D eigenvalue weighted by Crippen LogP contribution is 2.11. The first-order valence-electron chi connectivity index (χ1n) is 6.01. The molecule has 1 atom stereocenters. The molecule has 0 bridgehead atoms. The highest BCUT2D eigenvalue weighted by atomic mass is 16.5. The van der Waals surface area contributed by atoms with Gasteiger partial charge < -0.3 is 14.7 Å². The molecule has 2 fully saturated rings. The smallest absolute Gasteiger partial charge is 0.323 e. The summed E-state index contributed by atoms with van der Waals surface area (Å²) in [7, 11) is 0. The number of amides is 1. The molecule has 0 aliphatic carbocycles. The lowest BCUT2D eigenvalue weighted by atomic mass is 10.2. The highest BCUT2D eigenvalue weighted by Gasteiger charge is 2.31. The molecule has 1 N–H and O–H groups in total. The number of carboxylic acid groups (broad SMARTS) is 1. The van der Waals surface area contributed by atoms with Crippen LogP contribution in [0.1, 0.15) is 12.8 Å². The number of carboxylic acids is 1. The predicted molar refractivity (Wildman–Crippen MR) is 59.6 cm³/mol. The molecule has 1 unspecified atom stereocenters. The Morgan fingerprint density at radius 2 is 1.94 bits per heavy atom. The SMILES string of the molecule is O=C(O)C1COCCN1CC(=O)N1CCCC1. The quantitative estimate of drug-likeness (QED) is 0.715. The molecule has 2 saturated heterocycles. The van der Waals surface area contributed by atoms with Crippen molar-refractivity contribution < 1.29 is 19.4 Å². The number of hydrogen-bond acceptors (Lipinski definition) is 4. The van der Waals surface area contributed by atoms with Gasteiger partial charge in [0.1, 0.15) is 6.04 Å². The van der Waals surface area contributed by atoms with Crippen molar-refractivity contribution in [3.05, 3.63) is 0 Å². The van der Waals surface area contributed by atoms with E-state index in [9.17, 15) is 9.59 Å². The second-order valence-corrected chi connectivity index (χ2v) is 4.49. The molecular formula is C11H18N2O4. The van der Waals surface area contributed by atoms with E-state index in [1.54, 1.807) is 4.90 Å². The van der Waals surface area contributed by atoms with Crippen LogP contribution in [0.4, 0.5) is 0 Å². The third kappa shape index (κ3) is 2.95. The highest BCUT2D eigenvalue weighted by molar-refractivity contribution is 5.80. The Labute approximate surface area is 100 Å². The van der Waals surface area contributed by atoms with Crippen molar-refractivity contribution in [2.45, 2.75) is 18.9 Å². The van der Waals surface area contributed by atoms with Crippen molar-refractivity contribution in [2.75, 3.05) is 39.4 Å². The largest absolute Gasteiger partial charge is 0.480 e. The van der Waals surface area contributed by atoms with Crippen LogP contribution in [-0.2, 0) is 14.3 Å². The zero-order valence-corrected chi connectivity index (χ0v) is 9.80. The zero-order valence-electron chi connectivity index (χ0n) is 9.80. The fourth-order valence-corrected chi connectivity index (χ4v) is 2.30. The molecule has 96 valence electrons. The molecule has 0 saturated carbocycles. The van der Waals surface area contributed by atoms with E-state index in [1.165, 1.54) is 0 Å². The molecule has 0 aromatic heterocycles. The van der Waals surface area contributed by atoms with E-state index in [4.69, 9.17) is 9.84 Å². The minimum Gasteiger partial charge on any atom is -0.480 e.